The van der Waals surface area contributed by atoms with Crippen LogP contribution < -0.4 is 15.4 Å². The van der Waals surface area contributed by atoms with Gasteiger partial charge >= 0.3 is 6.61 Å². The number of amides is 2. The Hall–Kier alpha value is -3.53. The normalized spacial score (nSPS) is 22.3. The van der Waals surface area contributed by atoms with E-state index in [2.05, 4.69) is 15.4 Å². The summed E-state index contributed by atoms with van der Waals surface area (Å²) in [5.74, 6) is -2.21. The van der Waals surface area contributed by atoms with Gasteiger partial charge in [0, 0.05) is 12.1 Å². The van der Waals surface area contributed by atoms with Gasteiger partial charge in [-0.25, -0.2) is 0 Å². The first-order valence-electron chi connectivity index (χ1n) is 10.9. The Kier molecular flexibility index (Phi) is 6.78. The molecule has 0 radical (unpaired) electrons. The average molecular weight is 474 g/mol. The molecule has 0 aromatic heterocycles. The van der Waals surface area contributed by atoms with Crippen molar-refractivity contribution >= 4 is 17.6 Å². The van der Waals surface area contributed by atoms with Crippen LogP contribution in [-0.4, -0.2) is 54.1 Å². The molecule has 0 bridgehead atoms. The van der Waals surface area contributed by atoms with Crippen molar-refractivity contribution in [3.8, 4) is 11.5 Å². The fourth-order valence-electron chi connectivity index (χ4n) is 4.53. The number of fused-ring (bicyclic) bond motifs is 1. The minimum atomic E-state index is -2.97. The Morgan fingerprint density at radius 3 is 2.68 bits per heavy atom. The van der Waals surface area contributed by atoms with Crippen molar-refractivity contribution < 1.29 is 37.7 Å². The largest absolute Gasteiger partial charge is 0.508 e. The van der Waals surface area contributed by atoms with E-state index in [1.807, 2.05) is 0 Å². The smallest absolute Gasteiger partial charge is 0.387 e. The number of halogens is 2. The maximum absolute atomic E-state index is 13.4. The van der Waals surface area contributed by atoms with Gasteiger partial charge in [0.25, 0.3) is 5.91 Å². The van der Waals surface area contributed by atoms with Crippen LogP contribution in [0.25, 0.3) is 0 Å². The number of benzene rings is 2. The zero-order chi connectivity index (χ0) is 24.3. The van der Waals surface area contributed by atoms with E-state index in [9.17, 15) is 28.3 Å². The Balaban J connectivity index is 1.50. The number of alkyl halides is 2. The lowest BCUT2D eigenvalue weighted by molar-refractivity contribution is -0.130. The molecule has 2 aromatic carbocycles. The molecule has 1 heterocycles. The van der Waals surface area contributed by atoms with Crippen LogP contribution in [-0.2, 0) is 14.3 Å². The molecule has 3 N–H and O–H groups in total. The van der Waals surface area contributed by atoms with Crippen molar-refractivity contribution in [2.45, 2.75) is 43.4 Å². The lowest BCUT2D eigenvalue weighted by Gasteiger charge is -2.30. The number of aromatic hydroxyl groups is 1. The van der Waals surface area contributed by atoms with Gasteiger partial charge < -0.3 is 25.2 Å². The number of Topliss-reactive ketones (excluding diaryl/α,β-unsaturated/α-hetero) is 1. The van der Waals surface area contributed by atoms with E-state index in [4.69, 9.17) is 4.74 Å². The second-order valence-electron chi connectivity index (χ2n) is 8.34. The molecule has 1 saturated heterocycles. The van der Waals surface area contributed by atoms with Crippen LogP contribution in [0.2, 0.25) is 0 Å². The highest BCUT2D eigenvalue weighted by Gasteiger charge is 2.55. The van der Waals surface area contributed by atoms with Gasteiger partial charge in [-0.3, -0.25) is 14.4 Å². The maximum atomic E-state index is 13.4. The molecule has 0 spiro atoms. The fraction of sp³-hybridized carbons (Fsp3) is 0.375. The van der Waals surface area contributed by atoms with E-state index in [0.29, 0.717) is 18.4 Å². The predicted octanol–water partition coefficient (Wildman–Crippen LogP) is 2.51. The van der Waals surface area contributed by atoms with Crippen LogP contribution in [0.3, 0.4) is 0 Å². The molecule has 180 valence electrons. The fourth-order valence-corrected chi connectivity index (χ4v) is 4.53. The van der Waals surface area contributed by atoms with E-state index in [1.165, 1.54) is 36.4 Å². The summed E-state index contributed by atoms with van der Waals surface area (Å²) >= 11 is 0. The molecule has 1 saturated carbocycles. The lowest BCUT2D eigenvalue weighted by Crippen LogP contribution is -2.57. The SMILES string of the molecule is O=C(NCC(C(=O)NC12CCCC1OCC2=O)c1cccc(O)c1)c1ccc(OC(F)F)cc1. The molecule has 3 unspecified atom stereocenters. The Morgan fingerprint density at radius 1 is 1.21 bits per heavy atom. The van der Waals surface area contributed by atoms with Crippen LogP contribution in [0, 0.1) is 0 Å². The van der Waals surface area contributed by atoms with Gasteiger partial charge in [-0.1, -0.05) is 12.1 Å². The van der Waals surface area contributed by atoms with E-state index < -0.39 is 29.9 Å². The van der Waals surface area contributed by atoms with Gasteiger partial charge in [-0.05, 0) is 61.2 Å². The minimum Gasteiger partial charge on any atom is -0.508 e. The van der Waals surface area contributed by atoms with Crippen molar-refractivity contribution in [3.05, 3.63) is 59.7 Å². The third-order valence-electron chi connectivity index (χ3n) is 6.24. The first-order valence-corrected chi connectivity index (χ1v) is 10.9. The Labute approximate surface area is 194 Å². The molecule has 4 rings (SSSR count). The first kappa shape index (κ1) is 23.6. The van der Waals surface area contributed by atoms with E-state index in [1.54, 1.807) is 12.1 Å². The third kappa shape index (κ3) is 4.86. The summed E-state index contributed by atoms with van der Waals surface area (Å²) < 4.78 is 34.5. The van der Waals surface area contributed by atoms with E-state index >= 15 is 0 Å². The molecule has 34 heavy (non-hydrogen) atoms. The summed E-state index contributed by atoms with van der Waals surface area (Å²) in [5.41, 5.74) is -0.433. The molecule has 1 aliphatic carbocycles. The predicted molar refractivity (Wildman–Crippen MR) is 116 cm³/mol. The number of ketones is 1. The molecule has 2 fully saturated rings. The summed E-state index contributed by atoms with van der Waals surface area (Å²) in [7, 11) is 0. The van der Waals surface area contributed by atoms with Crippen LogP contribution >= 0.6 is 0 Å². The number of rotatable bonds is 8. The molecular weight excluding hydrogens is 450 g/mol. The standard InChI is InChI=1S/C24H24F2N2O6/c25-23(26)34-17-8-6-14(7-9-17)21(31)27-12-18(15-3-1-4-16(29)11-15)22(32)28-24-10-2-5-20(24)33-13-19(24)30/h1,3-4,6-9,11,18,20,23,29H,2,5,10,12-13H2,(H,27,31)(H,28,32). The Bertz CT molecular complexity index is 1080. The number of phenolic OH excluding ortho intramolecular Hbond substituents is 1. The zero-order valence-electron chi connectivity index (χ0n) is 18.1. The van der Waals surface area contributed by atoms with E-state index in [0.717, 1.165) is 6.42 Å². The van der Waals surface area contributed by atoms with Crippen LogP contribution in [0.5, 0.6) is 11.5 Å². The van der Waals surface area contributed by atoms with Crippen molar-refractivity contribution in [2.75, 3.05) is 13.2 Å². The summed E-state index contributed by atoms with van der Waals surface area (Å²) in [6, 6.07) is 11.2. The molecule has 3 atom stereocenters. The highest BCUT2D eigenvalue weighted by molar-refractivity contribution is 5.98. The molecule has 8 nitrogen and oxygen atoms in total. The van der Waals surface area contributed by atoms with Crippen molar-refractivity contribution in [1.82, 2.24) is 10.6 Å². The number of carbonyl (C=O) groups is 3. The molecule has 2 aliphatic rings. The number of phenols is 1. The average Bonchev–Trinajstić information content (AvgIpc) is 3.33. The summed E-state index contributed by atoms with van der Waals surface area (Å²) in [5, 5.41) is 15.4. The second-order valence-corrected chi connectivity index (χ2v) is 8.34. The molecule has 2 amide bonds. The molecule has 10 heteroatoms. The third-order valence-corrected chi connectivity index (χ3v) is 6.24. The van der Waals surface area contributed by atoms with Crippen molar-refractivity contribution in [3.63, 3.8) is 0 Å². The van der Waals surface area contributed by atoms with Crippen LogP contribution in [0.1, 0.15) is 41.1 Å². The summed E-state index contributed by atoms with van der Waals surface area (Å²) in [6.45, 7) is -3.15. The summed E-state index contributed by atoms with van der Waals surface area (Å²) in [4.78, 5) is 38.5. The van der Waals surface area contributed by atoms with Gasteiger partial charge in [0.1, 0.15) is 23.6 Å². The highest BCUT2D eigenvalue weighted by Crippen LogP contribution is 2.38. The van der Waals surface area contributed by atoms with Crippen LogP contribution in [0.15, 0.2) is 48.5 Å². The molecule has 1 aliphatic heterocycles. The zero-order valence-corrected chi connectivity index (χ0v) is 18.1. The Morgan fingerprint density at radius 2 is 1.97 bits per heavy atom. The minimum absolute atomic E-state index is 0.0478. The van der Waals surface area contributed by atoms with Gasteiger partial charge in [-0.15, -0.1) is 0 Å². The van der Waals surface area contributed by atoms with Gasteiger partial charge in [0.2, 0.25) is 5.91 Å². The topological polar surface area (TPSA) is 114 Å². The van der Waals surface area contributed by atoms with E-state index in [-0.39, 0.29) is 42.1 Å². The van der Waals surface area contributed by atoms with Crippen LogP contribution in [0.4, 0.5) is 8.78 Å². The monoisotopic (exact) mass is 474 g/mol. The van der Waals surface area contributed by atoms with Crippen molar-refractivity contribution in [1.29, 1.82) is 0 Å². The molecular formula is C24H24F2N2O6. The highest BCUT2D eigenvalue weighted by atomic mass is 19.3. The number of hydrogen-bond donors (Lipinski definition) is 3. The number of hydrogen-bond acceptors (Lipinski definition) is 6. The second kappa shape index (κ2) is 9.76. The maximum Gasteiger partial charge on any atom is 0.387 e. The first-order chi connectivity index (χ1) is 16.3. The number of nitrogens with one attached hydrogen (secondary N) is 2. The number of carbonyl (C=O) groups excluding carboxylic acids is 3. The van der Waals surface area contributed by atoms with Crippen molar-refractivity contribution in [2.24, 2.45) is 0 Å². The molecule has 2 aromatic rings. The van der Waals surface area contributed by atoms with Gasteiger partial charge in [0.05, 0.1) is 12.0 Å². The lowest BCUT2D eigenvalue weighted by atomic mass is 9.89. The quantitative estimate of drug-likeness (QED) is 0.542. The van der Waals surface area contributed by atoms with Gasteiger partial charge in [0.15, 0.2) is 5.78 Å². The summed E-state index contributed by atoms with van der Waals surface area (Å²) in [6.07, 6.45) is 1.52. The number of ether oxygens (including phenoxy) is 2. The van der Waals surface area contributed by atoms with Gasteiger partial charge in [-0.2, -0.15) is 8.78 Å².